The minimum Gasteiger partial charge on any atom is -0.507 e. The summed E-state index contributed by atoms with van der Waals surface area (Å²) >= 11 is 5.88. The second-order valence-corrected chi connectivity index (χ2v) is 8.81. The number of hydrogen-bond donors (Lipinski definition) is 3. The van der Waals surface area contributed by atoms with Gasteiger partial charge in [-0.25, -0.2) is 0 Å². The van der Waals surface area contributed by atoms with Crippen LogP contribution in [0.25, 0.3) is 16.5 Å². The van der Waals surface area contributed by atoms with Crippen LogP contribution < -0.4 is 25.0 Å². The van der Waals surface area contributed by atoms with Crippen LogP contribution in [0.15, 0.2) is 84.9 Å². The first kappa shape index (κ1) is 24.3. The molecule has 4 aromatic rings. The van der Waals surface area contributed by atoms with Crippen LogP contribution >= 0.6 is 12.2 Å². The van der Waals surface area contributed by atoms with Crippen LogP contribution in [-0.4, -0.2) is 36.6 Å². The predicted octanol–water partition coefficient (Wildman–Crippen LogP) is 5.87. The fourth-order valence-electron chi connectivity index (χ4n) is 4.59. The van der Waals surface area contributed by atoms with Gasteiger partial charge in [0, 0.05) is 17.1 Å². The normalized spacial score (nSPS) is 14.6. The summed E-state index contributed by atoms with van der Waals surface area (Å²) in [6.07, 6.45) is 2.03. The number of nitrogens with one attached hydrogen (secondary N) is 2. The number of thiocarbonyl (C=S) groups is 1. The Bertz CT molecular complexity index is 1500. The molecule has 1 aliphatic heterocycles. The zero-order valence-electron chi connectivity index (χ0n) is 20.7. The third-order valence-electron chi connectivity index (χ3n) is 6.33. The van der Waals surface area contributed by atoms with Crippen molar-refractivity contribution in [2.75, 3.05) is 26.6 Å². The highest BCUT2D eigenvalue weighted by atomic mass is 32.1. The molecule has 4 aromatic carbocycles. The van der Waals surface area contributed by atoms with E-state index in [-0.39, 0.29) is 11.8 Å². The highest BCUT2D eigenvalue weighted by Gasteiger charge is 2.32. The second-order valence-electron chi connectivity index (χ2n) is 8.43. The number of aromatic hydroxyl groups is 1. The van der Waals surface area contributed by atoms with Crippen molar-refractivity contribution in [1.82, 2.24) is 10.4 Å². The summed E-state index contributed by atoms with van der Waals surface area (Å²) in [5, 5.41) is 18.4. The molecule has 0 radical (unpaired) electrons. The summed E-state index contributed by atoms with van der Waals surface area (Å²) in [5.41, 5.74) is 6.44. The fraction of sp³-hybridized carbons (Fsp3) is 0.138. The lowest BCUT2D eigenvalue weighted by Crippen LogP contribution is -2.42. The molecule has 1 heterocycles. The molecule has 5 rings (SSSR count). The molecule has 1 aliphatic rings. The van der Waals surface area contributed by atoms with E-state index in [1.54, 1.807) is 33.5 Å². The van der Waals surface area contributed by atoms with Gasteiger partial charge in [0.1, 0.15) is 23.0 Å². The summed E-state index contributed by atoms with van der Waals surface area (Å²) in [5.74, 6) is 2.16. The molecule has 0 amide bonds. The maximum absolute atomic E-state index is 10.7. The van der Waals surface area contributed by atoms with Crippen LogP contribution in [-0.2, 0) is 0 Å². The van der Waals surface area contributed by atoms with E-state index in [4.69, 9.17) is 26.4 Å². The van der Waals surface area contributed by atoms with Gasteiger partial charge in [-0.2, -0.15) is 0 Å². The van der Waals surface area contributed by atoms with Gasteiger partial charge in [0.05, 0.1) is 38.6 Å². The van der Waals surface area contributed by atoms with Crippen LogP contribution in [0.1, 0.15) is 17.2 Å². The molecule has 8 heteroatoms. The summed E-state index contributed by atoms with van der Waals surface area (Å²) in [6.45, 7) is 0. The molecule has 0 aliphatic carbocycles. The summed E-state index contributed by atoms with van der Waals surface area (Å²) in [6, 6.07) is 24.5. The van der Waals surface area contributed by atoms with Gasteiger partial charge in [-0.05, 0) is 59.6 Å². The topological polar surface area (TPSA) is 75.2 Å². The lowest BCUT2D eigenvalue weighted by atomic mass is 9.97. The Morgan fingerprint density at radius 3 is 2.38 bits per heavy atom. The monoisotopic (exact) mass is 513 g/mol. The largest absolute Gasteiger partial charge is 0.507 e. The summed E-state index contributed by atoms with van der Waals surface area (Å²) in [7, 11) is 4.87. The minimum atomic E-state index is -0.305. The Morgan fingerprint density at radius 2 is 1.62 bits per heavy atom. The molecule has 0 saturated carbocycles. The average Bonchev–Trinajstić information content (AvgIpc) is 3.37. The summed E-state index contributed by atoms with van der Waals surface area (Å²) < 4.78 is 16.5. The molecular weight excluding hydrogens is 486 g/mol. The van der Waals surface area contributed by atoms with Crippen LogP contribution in [0.5, 0.6) is 23.0 Å². The van der Waals surface area contributed by atoms with Crippen molar-refractivity contribution < 1.29 is 19.3 Å². The number of hydrazine groups is 1. The van der Waals surface area contributed by atoms with Crippen LogP contribution in [0.4, 0.5) is 5.69 Å². The lowest BCUT2D eigenvalue weighted by Gasteiger charge is -2.29. The van der Waals surface area contributed by atoms with Gasteiger partial charge in [-0.15, -0.1) is 0 Å². The van der Waals surface area contributed by atoms with Gasteiger partial charge >= 0.3 is 0 Å². The Morgan fingerprint density at radius 1 is 0.865 bits per heavy atom. The Labute approximate surface area is 220 Å². The zero-order chi connectivity index (χ0) is 25.9. The molecule has 0 bridgehead atoms. The number of fused-ring (bicyclic) bond motifs is 1. The molecule has 1 atom stereocenters. The number of methoxy groups -OCH3 is 3. The molecule has 37 heavy (non-hydrogen) atoms. The first-order valence-corrected chi connectivity index (χ1v) is 12.1. The fourth-order valence-corrected chi connectivity index (χ4v) is 4.87. The number of phenols is 1. The first-order valence-electron chi connectivity index (χ1n) is 11.7. The average molecular weight is 514 g/mol. The number of ether oxygens (including phenoxy) is 3. The van der Waals surface area contributed by atoms with Crippen molar-refractivity contribution in [3.63, 3.8) is 0 Å². The molecule has 7 nitrogen and oxygen atoms in total. The van der Waals surface area contributed by atoms with Gasteiger partial charge in [0.2, 0.25) is 0 Å². The quantitative estimate of drug-likeness (QED) is 0.277. The van der Waals surface area contributed by atoms with Crippen molar-refractivity contribution in [3.05, 3.63) is 96.1 Å². The number of anilines is 1. The van der Waals surface area contributed by atoms with Gasteiger partial charge in [0.25, 0.3) is 0 Å². The molecule has 0 saturated heterocycles. The highest BCUT2D eigenvalue weighted by Crippen LogP contribution is 2.42. The van der Waals surface area contributed by atoms with E-state index in [2.05, 4.69) is 16.8 Å². The van der Waals surface area contributed by atoms with E-state index in [9.17, 15) is 5.11 Å². The zero-order valence-corrected chi connectivity index (χ0v) is 21.5. The summed E-state index contributed by atoms with van der Waals surface area (Å²) in [4.78, 5) is 0. The number of hydrogen-bond acceptors (Lipinski definition) is 6. The second kappa shape index (κ2) is 10.3. The lowest BCUT2D eigenvalue weighted by molar-refractivity contribution is 0.347. The van der Waals surface area contributed by atoms with Crippen molar-refractivity contribution in [2.45, 2.75) is 6.04 Å². The van der Waals surface area contributed by atoms with Crippen LogP contribution in [0, 0.1) is 0 Å². The van der Waals surface area contributed by atoms with Crippen LogP contribution in [0.3, 0.4) is 0 Å². The molecule has 3 N–H and O–H groups in total. The molecule has 0 aromatic heterocycles. The maximum atomic E-state index is 10.7. The third kappa shape index (κ3) is 4.59. The van der Waals surface area contributed by atoms with E-state index in [0.29, 0.717) is 22.1 Å². The number of benzene rings is 4. The van der Waals surface area contributed by atoms with E-state index >= 15 is 0 Å². The Balaban J connectivity index is 1.61. The molecule has 1 unspecified atom stereocenters. The van der Waals surface area contributed by atoms with E-state index < -0.39 is 0 Å². The number of nitrogens with zero attached hydrogens (tertiary/aromatic N) is 1. The van der Waals surface area contributed by atoms with Gasteiger partial charge < -0.3 is 24.6 Å². The highest BCUT2D eigenvalue weighted by molar-refractivity contribution is 7.80. The number of rotatable bonds is 6. The Kier molecular flexibility index (Phi) is 6.74. The molecular formula is C29H27N3O4S. The standard InChI is InChI=1S/C29H27N3O4S/c1-34-19-9-6-8-18(16-19)30-29(37)32-24(17-23(31-32)28-25(33)12-7-13-27(28)36-3)21-14-15-26(35-2)22-11-5-4-10-20(21)22/h4-17,24,31,33H,1-3H3,(H,30,37). The van der Waals surface area contributed by atoms with E-state index in [1.807, 2.05) is 71.7 Å². The number of phenolic OH excluding ortho intramolecular Hbond substituents is 1. The first-order chi connectivity index (χ1) is 18.0. The van der Waals surface area contributed by atoms with Crippen molar-refractivity contribution in [2.24, 2.45) is 0 Å². The van der Waals surface area contributed by atoms with Crippen molar-refractivity contribution in [3.8, 4) is 23.0 Å². The van der Waals surface area contributed by atoms with Gasteiger partial charge in [-0.1, -0.05) is 42.5 Å². The minimum absolute atomic E-state index is 0.102. The van der Waals surface area contributed by atoms with Gasteiger partial charge in [0.15, 0.2) is 5.11 Å². The SMILES string of the molecule is COc1cccc(NC(=S)N2NC(c3c(O)cccc3OC)=CC2c2ccc(OC)c3ccccc23)c1. The van der Waals surface area contributed by atoms with Crippen LogP contribution in [0.2, 0.25) is 0 Å². The van der Waals surface area contributed by atoms with E-state index in [0.717, 1.165) is 33.5 Å². The van der Waals surface area contributed by atoms with Crippen molar-refractivity contribution >= 4 is 39.5 Å². The maximum Gasteiger partial charge on any atom is 0.193 e. The Hall–Kier alpha value is -4.43. The molecule has 0 spiro atoms. The van der Waals surface area contributed by atoms with Crippen molar-refractivity contribution in [1.29, 1.82) is 0 Å². The smallest absolute Gasteiger partial charge is 0.193 e. The molecule has 188 valence electrons. The molecule has 0 fully saturated rings. The van der Waals surface area contributed by atoms with E-state index in [1.165, 1.54) is 0 Å². The predicted molar refractivity (Wildman–Crippen MR) is 150 cm³/mol. The third-order valence-corrected chi connectivity index (χ3v) is 6.63. The van der Waals surface area contributed by atoms with Gasteiger partial charge in [-0.3, -0.25) is 10.4 Å².